The number of benzene rings is 1. The number of nitrogens with two attached hydrogens (primary N) is 1. The Morgan fingerprint density at radius 3 is 2.61 bits per heavy atom. The molecule has 0 heterocycles. The minimum Gasteiger partial charge on any atom is -0.271 e. The van der Waals surface area contributed by atoms with Gasteiger partial charge in [-0.25, -0.2) is 0 Å². The fourth-order valence-electron chi connectivity index (χ4n) is 3.09. The second-order valence-electron chi connectivity index (χ2n) is 5.45. The fourth-order valence-corrected chi connectivity index (χ4v) is 3.45. The Morgan fingerprint density at radius 1 is 1.33 bits per heavy atom. The maximum Gasteiger partial charge on any atom is 0.0279 e. The van der Waals surface area contributed by atoms with Crippen molar-refractivity contribution in [3.63, 3.8) is 0 Å². The summed E-state index contributed by atoms with van der Waals surface area (Å²) in [5.41, 5.74) is 4.44. The van der Waals surface area contributed by atoms with Crippen LogP contribution in [0.3, 0.4) is 0 Å². The van der Waals surface area contributed by atoms with Gasteiger partial charge < -0.3 is 0 Å². The molecule has 0 aromatic heterocycles. The average Bonchev–Trinajstić information content (AvgIpc) is 2.87. The molecular formula is C15H23IN2. The summed E-state index contributed by atoms with van der Waals surface area (Å²) in [6, 6.07) is 9.22. The molecule has 1 aromatic rings. The number of hydrogen-bond donors (Lipinski definition) is 2. The summed E-state index contributed by atoms with van der Waals surface area (Å²) in [5, 5.41) is 0. The molecule has 0 saturated heterocycles. The molecule has 0 amide bonds. The molecule has 18 heavy (non-hydrogen) atoms. The van der Waals surface area contributed by atoms with E-state index in [0.717, 1.165) is 18.3 Å². The summed E-state index contributed by atoms with van der Waals surface area (Å²) in [6.45, 7) is 2.30. The molecule has 1 aromatic carbocycles. The third-order valence-corrected chi connectivity index (χ3v) is 5.03. The van der Waals surface area contributed by atoms with Crippen LogP contribution in [0.15, 0.2) is 24.3 Å². The van der Waals surface area contributed by atoms with E-state index in [1.54, 1.807) is 0 Å². The molecule has 3 unspecified atom stereocenters. The molecule has 0 aliphatic heterocycles. The molecule has 0 bridgehead atoms. The van der Waals surface area contributed by atoms with Crippen LogP contribution in [0, 0.1) is 15.4 Å². The van der Waals surface area contributed by atoms with Crippen LogP contribution in [-0.4, -0.2) is 6.04 Å². The van der Waals surface area contributed by atoms with E-state index in [4.69, 9.17) is 5.84 Å². The predicted molar refractivity (Wildman–Crippen MR) is 85.1 cm³/mol. The SMILES string of the molecule is CCC1CCC(C(Cc2ccc(I)cc2)NN)C1. The Labute approximate surface area is 124 Å². The van der Waals surface area contributed by atoms with Gasteiger partial charge in [0.05, 0.1) is 0 Å². The highest BCUT2D eigenvalue weighted by Gasteiger charge is 2.29. The molecule has 1 fully saturated rings. The van der Waals surface area contributed by atoms with Crippen LogP contribution in [0.1, 0.15) is 38.2 Å². The first kappa shape index (κ1) is 14.3. The lowest BCUT2D eigenvalue weighted by Gasteiger charge is -2.23. The van der Waals surface area contributed by atoms with Crippen molar-refractivity contribution in [2.45, 2.75) is 45.1 Å². The molecule has 2 rings (SSSR count). The van der Waals surface area contributed by atoms with E-state index in [1.165, 1.54) is 34.8 Å². The van der Waals surface area contributed by atoms with E-state index in [9.17, 15) is 0 Å². The molecule has 3 N–H and O–H groups in total. The van der Waals surface area contributed by atoms with Crippen LogP contribution >= 0.6 is 22.6 Å². The van der Waals surface area contributed by atoms with Crippen molar-refractivity contribution < 1.29 is 0 Å². The van der Waals surface area contributed by atoms with Gasteiger partial charge in [0.25, 0.3) is 0 Å². The number of hydrazine groups is 1. The maximum atomic E-state index is 5.77. The van der Waals surface area contributed by atoms with Crippen LogP contribution in [0.4, 0.5) is 0 Å². The smallest absolute Gasteiger partial charge is 0.0279 e. The van der Waals surface area contributed by atoms with Crippen LogP contribution < -0.4 is 11.3 Å². The summed E-state index contributed by atoms with van der Waals surface area (Å²) >= 11 is 2.34. The Kier molecular flexibility index (Phi) is 5.45. The van der Waals surface area contributed by atoms with Crippen molar-refractivity contribution in [3.8, 4) is 0 Å². The van der Waals surface area contributed by atoms with E-state index in [0.29, 0.717) is 6.04 Å². The highest BCUT2D eigenvalue weighted by atomic mass is 127. The van der Waals surface area contributed by atoms with Gasteiger partial charge in [-0.3, -0.25) is 11.3 Å². The molecule has 1 saturated carbocycles. The maximum absolute atomic E-state index is 5.77. The molecule has 1 aliphatic rings. The Hall–Kier alpha value is -0.130. The van der Waals surface area contributed by atoms with Crippen molar-refractivity contribution in [3.05, 3.63) is 33.4 Å². The van der Waals surface area contributed by atoms with E-state index in [-0.39, 0.29) is 0 Å². The van der Waals surface area contributed by atoms with Crippen molar-refractivity contribution in [1.29, 1.82) is 0 Å². The minimum absolute atomic E-state index is 0.432. The number of hydrogen-bond acceptors (Lipinski definition) is 2. The van der Waals surface area contributed by atoms with Gasteiger partial charge in [-0.05, 0) is 71.4 Å². The van der Waals surface area contributed by atoms with E-state index >= 15 is 0 Å². The predicted octanol–water partition coefficient (Wildman–Crippen LogP) is 3.49. The zero-order chi connectivity index (χ0) is 13.0. The van der Waals surface area contributed by atoms with Gasteiger partial charge in [0.2, 0.25) is 0 Å². The van der Waals surface area contributed by atoms with Gasteiger partial charge in [-0.15, -0.1) is 0 Å². The van der Waals surface area contributed by atoms with Gasteiger partial charge in [0.1, 0.15) is 0 Å². The third kappa shape index (κ3) is 3.68. The minimum atomic E-state index is 0.432. The average molecular weight is 358 g/mol. The van der Waals surface area contributed by atoms with Crippen molar-refractivity contribution in [1.82, 2.24) is 5.43 Å². The second-order valence-corrected chi connectivity index (χ2v) is 6.70. The van der Waals surface area contributed by atoms with Crippen LogP contribution in [0.2, 0.25) is 0 Å². The summed E-state index contributed by atoms with van der Waals surface area (Å²) in [6.07, 6.45) is 6.42. The number of rotatable bonds is 5. The zero-order valence-electron chi connectivity index (χ0n) is 11.0. The molecule has 2 nitrogen and oxygen atoms in total. The van der Waals surface area contributed by atoms with Gasteiger partial charge in [0.15, 0.2) is 0 Å². The molecule has 0 radical (unpaired) electrons. The second kappa shape index (κ2) is 6.87. The normalized spacial score (nSPS) is 25.3. The molecule has 3 heteroatoms. The van der Waals surface area contributed by atoms with E-state index in [1.807, 2.05) is 0 Å². The quantitative estimate of drug-likeness (QED) is 0.480. The van der Waals surface area contributed by atoms with E-state index < -0.39 is 0 Å². The fraction of sp³-hybridized carbons (Fsp3) is 0.600. The molecular weight excluding hydrogens is 335 g/mol. The highest BCUT2D eigenvalue weighted by molar-refractivity contribution is 14.1. The highest BCUT2D eigenvalue weighted by Crippen LogP contribution is 2.35. The lowest BCUT2D eigenvalue weighted by molar-refractivity contribution is 0.348. The van der Waals surface area contributed by atoms with Gasteiger partial charge in [0, 0.05) is 9.61 Å². The van der Waals surface area contributed by atoms with Crippen LogP contribution in [0.25, 0.3) is 0 Å². The lowest BCUT2D eigenvalue weighted by atomic mass is 9.91. The van der Waals surface area contributed by atoms with Crippen LogP contribution in [-0.2, 0) is 6.42 Å². The third-order valence-electron chi connectivity index (χ3n) is 4.31. The standard InChI is InChI=1S/C15H23IN2/c1-2-11-3-6-13(9-11)15(18-17)10-12-4-7-14(16)8-5-12/h4-5,7-8,11,13,15,18H,2-3,6,9-10,17H2,1H3. The Morgan fingerprint density at radius 2 is 2.06 bits per heavy atom. The molecule has 100 valence electrons. The first-order chi connectivity index (χ1) is 8.72. The topological polar surface area (TPSA) is 38.0 Å². The first-order valence-corrected chi connectivity index (χ1v) is 8.01. The molecule has 3 atom stereocenters. The Bertz CT molecular complexity index is 363. The first-order valence-electron chi connectivity index (χ1n) is 6.93. The lowest BCUT2D eigenvalue weighted by Crippen LogP contribution is -2.41. The monoisotopic (exact) mass is 358 g/mol. The zero-order valence-corrected chi connectivity index (χ0v) is 13.2. The van der Waals surface area contributed by atoms with E-state index in [2.05, 4.69) is 59.2 Å². The largest absolute Gasteiger partial charge is 0.271 e. The van der Waals surface area contributed by atoms with Gasteiger partial charge in [-0.1, -0.05) is 31.9 Å². The van der Waals surface area contributed by atoms with Gasteiger partial charge in [-0.2, -0.15) is 0 Å². The Balaban J connectivity index is 1.95. The van der Waals surface area contributed by atoms with Crippen molar-refractivity contribution in [2.24, 2.45) is 17.7 Å². The van der Waals surface area contributed by atoms with Gasteiger partial charge >= 0.3 is 0 Å². The summed E-state index contributed by atoms with van der Waals surface area (Å²) < 4.78 is 1.29. The van der Waals surface area contributed by atoms with Crippen molar-refractivity contribution >= 4 is 22.6 Å². The summed E-state index contributed by atoms with van der Waals surface area (Å²) in [5.74, 6) is 7.43. The molecule has 1 aliphatic carbocycles. The van der Waals surface area contributed by atoms with Crippen molar-refractivity contribution in [2.75, 3.05) is 0 Å². The molecule has 0 spiro atoms. The summed E-state index contributed by atoms with van der Waals surface area (Å²) in [4.78, 5) is 0. The number of halogens is 1. The van der Waals surface area contributed by atoms with Crippen LogP contribution in [0.5, 0.6) is 0 Å². The summed E-state index contributed by atoms with van der Waals surface area (Å²) in [7, 11) is 0. The number of nitrogens with one attached hydrogen (secondary N) is 1.